The molecule has 23 heavy (non-hydrogen) atoms. The minimum absolute atomic E-state index is 0.152. The first-order valence-corrected chi connectivity index (χ1v) is 8.23. The van der Waals surface area contributed by atoms with E-state index in [4.69, 9.17) is 22.4 Å². The molecule has 0 spiro atoms. The maximum atomic E-state index is 11.7. The Morgan fingerprint density at radius 2 is 2.35 bits per heavy atom. The molecule has 3 aromatic rings. The van der Waals surface area contributed by atoms with Gasteiger partial charge in [-0.25, -0.2) is 9.80 Å². The van der Waals surface area contributed by atoms with Gasteiger partial charge >= 0.3 is 6.03 Å². The quantitative estimate of drug-likeness (QED) is 0.693. The van der Waals surface area contributed by atoms with E-state index in [-0.39, 0.29) is 6.04 Å². The number of nitrogens with one attached hydrogen (secondary N) is 1. The summed E-state index contributed by atoms with van der Waals surface area (Å²) in [5, 5.41) is 7.75. The summed E-state index contributed by atoms with van der Waals surface area (Å²) >= 11 is 6.58. The Labute approximate surface area is 140 Å². The molecule has 1 aliphatic rings. The van der Waals surface area contributed by atoms with Crippen LogP contribution in [-0.4, -0.2) is 21.7 Å². The number of aromatic nitrogens is 1. The number of hydrogen-bond acceptors (Lipinski definition) is 5. The van der Waals surface area contributed by atoms with Gasteiger partial charge in [0.05, 0.1) is 17.3 Å². The number of benzene rings is 1. The smallest absolute Gasteiger partial charge is 0.335 e. The molecule has 4 rings (SSSR count). The van der Waals surface area contributed by atoms with E-state index in [0.29, 0.717) is 16.8 Å². The van der Waals surface area contributed by atoms with E-state index in [1.165, 1.54) is 5.01 Å². The molecule has 3 heterocycles. The molecule has 8 heteroatoms. The third kappa shape index (κ3) is 2.45. The number of urea groups is 1. The summed E-state index contributed by atoms with van der Waals surface area (Å²) in [5.74, 6) is 0. The van der Waals surface area contributed by atoms with Crippen LogP contribution in [0, 0.1) is 4.84 Å². The van der Waals surface area contributed by atoms with Crippen LogP contribution in [0.25, 0.3) is 11.1 Å². The predicted molar refractivity (Wildman–Crippen MR) is 91.0 cm³/mol. The molecule has 1 aromatic carbocycles. The van der Waals surface area contributed by atoms with Crippen molar-refractivity contribution in [3.8, 4) is 0 Å². The maximum Gasteiger partial charge on any atom is 0.335 e. The highest BCUT2D eigenvalue weighted by Crippen LogP contribution is 2.35. The molecular weight excluding hydrogens is 332 g/mol. The summed E-state index contributed by atoms with van der Waals surface area (Å²) in [6.07, 6.45) is 0.619. The van der Waals surface area contributed by atoms with Crippen molar-refractivity contribution in [2.24, 2.45) is 10.8 Å². The second-order valence-electron chi connectivity index (χ2n) is 5.19. The Morgan fingerprint density at radius 1 is 1.48 bits per heavy atom. The molecule has 2 amide bonds. The highest BCUT2D eigenvalue weighted by atomic mass is 32.1. The van der Waals surface area contributed by atoms with Gasteiger partial charge in [0.15, 0.2) is 5.58 Å². The van der Waals surface area contributed by atoms with Crippen LogP contribution in [0.5, 0.6) is 0 Å². The molecule has 0 saturated carbocycles. The Balaban J connectivity index is 1.74. The van der Waals surface area contributed by atoms with Crippen molar-refractivity contribution >= 4 is 46.4 Å². The fraction of sp³-hybridized carbons (Fsp3) is 0.133. The molecule has 1 unspecified atom stereocenters. The number of carbonyl (C=O) groups is 1. The standard InChI is InChI=1S/C15H12N4O2S2/c16-14(20)19-11(13-2-1-5-23-13)7-9(18-19)8-3-4-12-10(6-8)17-15(22)21-12/h1-6,11H,7H2,(H2,16,20)(H,17,22). The molecule has 2 aromatic heterocycles. The van der Waals surface area contributed by atoms with E-state index in [2.05, 4.69) is 10.1 Å². The predicted octanol–water partition coefficient (Wildman–Crippen LogP) is 3.78. The van der Waals surface area contributed by atoms with Crippen LogP contribution in [-0.2, 0) is 0 Å². The van der Waals surface area contributed by atoms with Crippen LogP contribution in [0.3, 0.4) is 0 Å². The lowest BCUT2D eigenvalue weighted by Crippen LogP contribution is -2.31. The van der Waals surface area contributed by atoms with Crippen molar-refractivity contribution in [2.75, 3.05) is 0 Å². The first-order valence-electron chi connectivity index (χ1n) is 6.94. The number of oxazole rings is 1. The largest absolute Gasteiger partial charge is 0.429 e. The summed E-state index contributed by atoms with van der Waals surface area (Å²) in [6, 6.07) is 8.90. The number of aromatic amines is 1. The zero-order valence-electron chi connectivity index (χ0n) is 11.9. The molecule has 1 aliphatic heterocycles. The molecule has 6 nitrogen and oxygen atoms in total. The number of fused-ring (bicyclic) bond motifs is 1. The van der Waals surface area contributed by atoms with Crippen LogP contribution in [0.1, 0.15) is 22.9 Å². The molecule has 0 aliphatic carbocycles. The first-order chi connectivity index (χ1) is 11.1. The van der Waals surface area contributed by atoms with Crippen molar-refractivity contribution in [3.05, 3.63) is 51.0 Å². The number of nitrogens with two attached hydrogens (primary N) is 1. The number of hydrogen-bond donors (Lipinski definition) is 2. The number of hydrazone groups is 1. The molecule has 3 N–H and O–H groups in total. The van der Waals surface area contributed by atoms with Crippen molar-refractivity contribution < 1.29 is 9.21 Å². The van der Waals surface area contributed by atoms with Gasteiger partial charge in [0, 0.05) is 16.9 Å². The van der Waals surface area contributed by atoms with Crippen LogP contribution in [0.15, 0.2) is 45.2 Å². The first kappa shape index (κ1) is 14.2. The zero-order chi connectivity index (χ0) is 16.0. The van der Waals surface area contributed by atoms with Crippen molar-refractivity contribution in [2.45, 2.75) is 12.5 Å². The molecule has 0 radical (unpaired) electrons. The monoisotopic (exact) mass is 344 g/mol. The van der Waals surface area contributed by atoms with Gasteiger partial charge in [-0.1, -0.05) is 6.07 Å². The summed E-state index contributed by atoms with van der Waals surface area (Å²) < 4.78 is 5.36. The normalized spacial score (nSPS) is 17.7. The van der Waals surface area contributed by atoms with E-state index in [9.17, 15) is 4.79 Å². The van der Waals surface area contributed by atoms with Crippen LogP contribution in [0.2, 0.25) is 0 Å². The Bertz CT molecular complexity index is 971. The van der Waals surface area contributed by atoms with Crippen molar-refractivity contribution in [1.29, 1.82) is 0 Å². The average molecular weight is 344 g/mol. The number of carbonyl (C=O) groups excluding carboxylic acids is 1. The molecular formula is C15H12N4O2S2. The second kappa shape index (κ2) is 5.32. The Morgan fingerprint density at radius 3 is 3.09 bits per heavy atom. The summed E-state index contributed by atoms with van der Waals surface area (Å²) in [6.45, 7) is 0. The average Bonchev–Trinajstić information content (AvgIpc) is 3.24. The number of H-pyrrole nitrogens is 1. The summed E-state index contributed by atoms with van der Waals surface area (Å²) in [4.78, 5) is 16.1. The van der Waals surface area contributed by atoms with Gasteiger partial charge in [0.2, 0.25) is 0 Å². The van der Waals surface area contributed by atoms with Crippen LogP contribution in [0.4, 0.5) is 4.79 Å². The third-order valence-corrected chi connectivity index (χ3v) is 4.92. The van der Waals surface area contributed by atoms with E-state index >= 15 is 0 Å². The lowest BCUT2D eigenvalue weighted by atomic mass is 10.0. The van der Waals surface area contributed by atoms with E-state index in [1.54, 1.807) is 11.3 Å². The number of primary amides is 1. The van der Waals surface area contributed by atoms with Gasteiger partial charge in [-0.3, -0.25) is 0 Å². The van der Waals surface area contributed by atoms with Gasteiger partial charge in [0.1, 0.15) is 0 Å². The zero-order valence-corrected chi connectivity index (χ0v) is 13.5. The van der Waals surface area contributed by atoms with Gasteiger partial charge in [-0.05, 0) is 41.9 Å². The molecule has 0 saturated heterocycles. The maximum absolute atomic E-state index is 11.7. The minimum atomic E-state index is -0.554. The molecule has 0 bridgehead atoms. The number of amides is 2. The van der Waals surface area contributed by atoms with E-state index in [0.717, 1.165) is 21.7 Å². The fourth-order valence-electron chi connectivity index (χ4n) is 2.72. The third-order valence-electron chi connectivity index (χ3n) is 3.76. The Kier molecular flexibility index (Phi) is 3.28. The topological polar surface area (TPSA) is 87.6 Å². The Hall–Kier alpha value is -2.45. The van der Waals surface area contributed by atoms with E-state index in [1.807, 2.05) is 35.7 Å². The molecule has 0 fully saturated rings. The van der Waals surface area contributed by atoms with Gasteiger partial charge < -0.3 is 15.1 Å². The summed E-state index contributed by atoms with van der Waals surface area (Å²) in [7, 11) is 0. The van der Waals surface area contributed by atoms with Crippen molar-refractivity contribution in [1.82, 2.24) is 9.99 Å². The van der Waals surface area contributed by atoms with Gasteiger partial charge in [-0.2, -0.15) is 5.10 Å². The second-order valence-corrected chi connectivity index (χ2v) is 6.54. The van der Waals surface area contributed by atoms with E-state index < -0.39 is 6.03 Å². The minimum Gasteiger partial charge on any atom is -0.429 e. The van der Waals surface area contributed by atoms with Crippen LogP contribution < -0.4 is 5.73 Å². The number of nitrogens with zero attached hydrogens (tertiary/aromatic N) is 2. The lowest BCUT2D eigenvalue weighted by Gasteiger charge is -2.17. The highest BCUT2D eigenvalue weighted by molar-refractivity contribution is 7.71. The molecule has 1 atom stereocenters. The fourth-order valence-corrected chi connectivity index (χ4v) is 3.73. The van der Waals surface area contributed by atoms with Crippen LogP contribution >= 0.6 is 23.6 Å². The molecule has 116 valence electrons. The lowest BCUT2D eigenvalue weighted by molar-refractivity contribution is 0.197. The number of rotatable bonds is 2. The van der Waals surface area contributed by atoms with Gasteiger partial charge in [-0.15, -0.1) is 11.3 Å². The summed E-state index contributed by atoms with van der Waals surface area (Å²) in [5.41, 5.74) is 8.70. The SMILES string of the molecule is NC(=O)N1N=C(c2ccc3oc(=S)[nH]c3c2)CC1c1cccs1. The number of thiophene rings is 1. The highest BCUT2D eigenvalue weighted by Gasteiger charge is 2.32. The van der Waals surface area contributed by atoms with Crippen molar-refractivity contribution in [3.63, 3.8) is 0 Å². The van der Waals surface area contributed by atoms with Gasteiger partial charge in [0.25, 0.3) is 4.84 Å².